The molecule has 0 aliphatic carbocycles. The molecule has 1 amide bonds. The number of pyridine rings is 1. The largest absolute Gasteiger partial charge is 0.491 e. The lowest BCUT2D eigenvalue weighted by atomic mass is 9.97. The van der Waals surface area contributed by atoms with Crippen LogP contribution in [0.4, 0.5) is 4.39 Å². The van der Waals surface area contributed by atoms with E-state index in [1.807, 2.05) is 0 Å². The van der Waals surface area contributed by atoms with E-state index in [4.69, 9.17) is 32.7 Å². The maximum Gasteiger partial charge on any atom is 0.222 e. The third kappa shape index (κ3) is 4.43. The van der Waals surface area contributed by atoms with Gasteiger partial charge in [0.2, 0.25) is 5.91 Å². The minimum Gasteiger partial charge on any atom is -0.491 e. The Morgan fingerprint density at radius 2 is 1.83 bits per heavy atom. The third-order valence-corrected chi connectivity index (χ3v) is 5.94. The minimum absolute atomic E-state index is 0.0384. The minimum atomic E-state index is -0.320. The van der Waals surface area contributed by atoms with Crippen LogP contribution in [0.1, 0.15) is 35.4 Å². The Morgan fingerprint density at radius 1 is 1.17 bits per heavy atom. The van der Waals surface area contributed by atoms with Gasteiger partial charge in [0.25, 0.3) is 0 Å². The maximum atomic E-state index is 13.3. The number of fused-ring (bicyclic) bond motifs is 1. The van der Waals surface area contributed by atoms with E-state index >= 15 is 0 Å². The first-order valence-corrected chi connectivity index (χ1v) is 10.1. The van der Waals surface area contributed by atoms with Gasteiger partial charge in [-0.2, -0.15) is 0 Å². The molecule has 1 aliphatic heterocycles. The fraction of sp³-hybridized carbons (Fsp3) is 0.429. The van der Waals surface area contributed by atoms with E-state index < -0.39 is 0 Å². The van der Waals surface area contributed by atoms with Crippen molar-refractivity contribution in [2.75, 3.05) is 20.8 Å². The first-order chi connectivity index (χ1) is 13.9. The van der Waals surface area contributed by atoms with Crippen LogP contribution < -0.4 is 9.47 Å². The Hall–Kier alpha value is -2.05. The fourth-order valence-electron chi connectivity index (χ4n) is 3.57. The Kier molecular flexibility index (Phi) is 6.85. The van der Waals surface area contributed by atoms with Gasteiger partial charge in [-0.25, -0.2) is 4.39 Å². The molecular weight excluding hydrogens is 418 g/mol. The van der Waals surface area contributed by atoms with Gasteiger partial charge < -0.3 is 14.4 Å². The highest BCUT2D eigenvalue weighted by Crippen LogP contribution is 2.47. The molecule has 8 heteroatoms. The van der Waals surface area contributed by atoms with Gasteiger partial charge in [0.1, 0.15) is 5.82 Å². The SMILES string of the molecule is COc1c(Cl)c2c(c(Cl)c1OC)CN(C(=O)CCCc1ccc(F)c(C)n1)CC2. The lowest BCUT2D eigenvalue weighted by molar-refractivity contribution is -0.132. The average Bonchev–Trinajstić information content (AvgIpc) is 2.72. The van der Waals surface area contributed by atoms with Crippen LogP contribution >= 0.6 is 23.2 Å². The number of rotatable bonds is 6. The van der Waals surface area contributed by atoms with Crippen molar-refractivity contribution in [1.29, 1.82) is 0 Å². The zero-order valence-electron chi connectivity index (χ0n) is 16.7. The second-order valence-corrected chi connectivity index (χ2v) is 7.70. The number of hydrogen-bond donors (Lipinski definition) is 0. The third-order valence-electron chi connectivity index (χ3n) is 5.14. The van der Waals surface area contributed by atoms with Crippen LogP contribution in [-0.2, 0) is 24.2 Å². The maximum absolute atomic E-state index is 13.3. The van der Waals surface area contributed by atoms with Crippen molar-refractivity contribution in [3.05, 3.63) is 50.5 Å². The number of amides is 1. The number of carbonyl (C=O) groups excluding carboxylic acids is 1. The molecule has 0 atom stereocenters. The molecule has 29 heavy (non-hydrogen) atoms. The van der Waals surface area contributed by atoms with E-state index in [2.05, 4.69) is 4.98 Å². The van der Waals surface area contributed by atoms with Crippen molar-refractivity contribution in [2.45, 2.75) is 39.2 Å². The van der Waals surface area contributed by atoms with Gasteiger partial charge >= 0.3 is 0 Å². The van der Waals surface area contributed by atoms with Crippen LogP contribution in [0.25, 0.3) is 0 Å². The van der Waals surface area contributed by atoms with Gasteiger partial charge in [-0.3, -0.25) is 9.78 Å². The van der Waals surface area contributed by atoms with E-state index in [0.29, 0.717) is 66.0 Å². The number of nitrogens with zero attached hydrogens (tertiary/aromatic N) is 2. The molecule has 0 saturated carbocycles. The van der Waals surface area contributed by atoms with Crippen LogP contribution in [0, 0.1) is 12.7 Å². The zero-order chi connectivity index (χ0) is 21.1. The number of carbonyl (C=O) groups is 1. The van der Waals surface area contributed by atoms with Gasteiger partial charge in [0.15, 0.2) is 11.5 Å². The Labute approximate surface area is 179 Å². The van der Waals surface area contributed by atoms with Crippen LogP contribution in [0.2, 0.25) is 10.0 Å². The molecule has 0 fully saturated rings. The van der Waals surface area contributed by atoms with Gasteiger partial charge in [0, 0.05) is 25.2 Å². The molecule has 1 aromatic heterocycles. The van der Waals surface area contributed by atoms with Crippen LogP contribution in [0.3, 0.4) is 0 Å². The standard InChI is InChI=1S/C21H23Cl2FN2O3/c1-12-16(24)8-7-13(25-12)5-4-6-17(27)26-10-9-14-15(11-26)19(23)21(29-3)20(28-2)18(14)22/h7-8H,4-6,9-11H2,1-3H3. The second-order valence-electron chi connectivity index (χ2n) is 6.94. The zero-order valence-corrected chi connectivity index (χ0v) is 18.2. The molecule has 2 heterocycles. The molecule has 1 aliphatic rings. The van der Waals surface area contributed by atoms with Crippen molar-refractivity contribution < 1.29 is 18.7 Å². The van der Waals surface area contributed by atoms with Gasteiger partial charge in [0.05, 0.1) is 30.0 Å². The van der Waals surface area contributed by atoms with Gasteiger partial charge in [-0.05, 0) is 49.4 Å². The molecule has 2 aromatic rings. The summed E-state index contributed by atoms with van der Waals surface area (Å²) in [5.41, 5.74) is 2.85. The highest BCUT2D eigenvalue weighted by Gasteiger charge is 2.29. The topological polar surface area (TPSA) is 51.7 Å². The van der Waals surface area contributed by atoms with Crippen molar-refractivity contribution in [3.63, 3.8) is 0 Å². The van der Waals surface area contributed by atoms with Gasteiger partial charge in [-0.15, -0.1) is 0 Å². The first kappa shape index (κ1) is 21.7. The van der Waals surface area contributed by atoms with E-state index in [1.54, 1.807) is 17.9 Å². The number of benzene rings is 1. The summed E-state index contributed by atoms with van der Waals surface area (Å²) >= 11 is 13.0. The molecule has 0 saturated heterocycles. The Bertz CT molecular complexity index is 937. The van der Waals surface area contributed by atoms with Crippen LogP contribution in [0.5, 0.6) is 11.5 Å². The van der Waals surface area contributed by atoms with Crippen LogP contribution in [0.15, 0.2) is 12.1 Å². The quantitative estimate of drug-likeness (QED) is 0.649. The number of methoxy groups -OCH3 is 2. The van der Waals surface area contributed by atoms with Gasteiger partial charge in [-0.1, -0.05) is 23.2 Å². The molecular formula is C21H23Cl2FN2O3. The summed E-state index contributed by atoms with van der Waals surface area (Å²) in [6.07, 6.45) is 2.24. The van der Waals surface area contributed by atoms with Crippen molar-refractivity contribution in [2.24, 2.45) is 0 Å². The van der Waals surface area contributed by atoms with Crippen molar-refractivity contribution in [1.82, 2.24) is 9.88 Å². The Balaban J connectivity index is 1.67. The van der Waals surface area contributed by atoms with E-state index in [9.17, 15) is 9.18 Å². The van der Waals surface area contributed by atoms with E-state index in [-0.39, 0.29) is 11.7 Å². The lowest BCUT2D eigenvalue weighted by Crippen LogP contribution is -2.36. The molecule has 1 aromatic carbocycles. The molecule has 0 unspecified atom stereocenters. The molecule has 0 N–H and O–H groups in total. The highest BCUT2D eigenvalue weighted by molar-refractivity contribution is 6.37. The molecule has 3 rings (SSSR count). The summed E-state index contributed by atoms with van der Waals surface area (Å²) in [6, 6.07) is 3.07. The normalized spacial score (nSPS) is 13.2. The Morgan fingerprint density at radius 3 is 2.45 bits per heavy atom. The number of hydrogen-bond acceptors (Lipinski definition) is 4. The fourth-order valence-corrected chi connectivity index (χ4v) is 4.28. The smallest absolute Gasteiger partial charge is 0.222 e. The lowest BCUT2D eigenvalue weighted by Gasteiger charge is -2.31. The number of aryl methyl sites for hydroxylation is 2. The number of halogens is 3. The molecule has 5 nitrogen and oxygen atoms in total. The molecule has 156 valence electrons. The molecule has 0 radical (unpaired) electrons. The van der Waals surface area contributed by atoms with E-state index in [0.717, 1.165) is 16.8 Å². The predicted octanol–water partition coefficient (Wildman–Crippen LogP) is 4.76. The summed E-state index contributed by atoms with van der Waals surface area (Å²) in [6.45, 7) is 2.57. The predicted molar refractivity (Wildman–Crippen MR) is 111 cm³/mol. The summed E-state index contributed by atoms with van der Waals surface area (Å²) in [4.78, 5) is 18.7. The number of ether oxygens (including phenoxy) is 2. The summed E-state index contributed by atoms with van der Waals surface area (Å²) < 4.78 is 24.0. The van der Waals surface area contributed by atoms with Crippen molar-refractivity contribution in [3.8, 4) is 11.5 Å². The monoisotopic (exact) mass is 440 g/mol. The molecule has 0 spiro atoms. The van der Waals surface area contributed by atoms with Crippen molar-refractivity contribution >= 4 is 29.1 Å². The average molecular weight is 441 g/mol. The second kappa shape index (κ2) is 9.18. The number of aromatic nitrogens is 1. The summed E-state index contributed by atoms with van der Waals surface area (Å²) in [5.74, 6) is 0.514. The highest BCUT2D eigenvalue weighted by atomic mass is 35.5. The summed E-state index contributed by atoms with van der Waals surface area (Å²) in [5, 5.41) is 0.904. The molecule has 0 bridgehead atoms. The summed E-state index contributed by atoms with van der Waals surface area (Å²) in [7, 11) is 3.02. The van der Waals surface area contributed by atoms with Crippen LogP contribution in [-0.4, -0.2) is 36.6 Å². The first-order valence-electron chi connectivity index (χ1n) is 9.37. The van der Waals surface area contributed by atoms with E-state index in [1.165, 1.54) is 20.3 Å².